The van der Waals surface area contributed by atoms with Gasteiger partial charge in [0.1, 0.15) is 17.7 Å². The van der Waals surface area contributed by atoms with Gasteiger partial charge in [-0.2, -0.15) is 0 Å². The molecule has 0 aliphatic carbocycles. The van der Waals surface area contributed by atoms with E-state index in [0.29, 0.717) is 5.92 Å². The molecule has 3 unspecified atom stereocenters. The molecule has 7 heteroatoms. The number of hydrogen-bond acceptors (Lipinski definition) is 4. The average Bonchev–Trinajstić information content (AvgIpc) is 2.67. The lowest BCUT2D eigenvalue weighted by atomic mass is 9.96. The number of hydrogen-bond donors (Lipinski definition) is 2. The molecule has 3 amide bonds. The number of benzene rings is 1. The Kier molecular flexibility index (Phi) is 11.1. The van der Waals surface area contributed by atoms with Gasteiger partial charge in [0.25, 0.3) is 0 Å². The molecular formula is C27H45N3O4. The number of rotatable bonds is 10. The second-order valence-corrected chi connectivity index (χ2v) is 10.9. The molecule has 2 N–H and O–H groups in total. The van der Waals surface area contributed by atoms with Crippen LogP contribution < -0.4 is 10.6 Å². The van der Waals surface area contributed by atoms with Gasteiger partial charge >= 0.3 is 6.09 Å². The van der Waals surface area contributed by atoms with Crippen molar-refractivity contribution in [2.24, 2.45) is 5.92 Å². The highest BCUT2D eigenvalue weighted by molar-refractivity contribution is 5.92. The fourth-order valence-electron chi connectivity index (χ4n) is 3.72. The number of aryl methyl sites for hydroxylation is 1. The van der Waals surface area contributed by atoms with Gasteiger partial charge in [-0.1, -0.05) is 43.7 Å². The predicted molar refractivity (Wildman–Crippen MR) is 136 cm³/mol. The van der Waals surface area contributed by atoms with Crippen molar-refractivity contribution in [1.29, 1.82) is 0 Å². The molecule has 1 aromatic carbocycles. The lowest BCUT2D eigenvalue weighted by molar-refractivity contribution is -0.145. The highest BCUT2D eigenvalue weighted by Gasteiger charge is 2.37. The van der Waals surface area contributed by atoms with Crippen LogP contribution in [0.3, 0.4) is 0 Å². The van der Waals surface area contributed by atoms with Crippen molar-refractivity contribution in [3.05, 3.63) is 35.4 Å². The lowest BCUT2D eigenvalue weighted by Crippen LogP contribution is -2.55. The molecule has 0 bridgehead atoms. The Balaban J connectivity index is 3.42. The zero-order valence-corrected chi connectivity index (χ0v) is 22.7. The molecule has 0 saturated heterocycles. The van der Waals surface area contributed by atoms with Crippen molar-refractivity contribution < 1.29 is 19.1 Å². The van der Waals surface area contributed by atoms with E-state index in [9.17, 15) is 14.4 Å². The van der Waals surface area contributed by atoms with Crippen molar-refractivity contribution in [3.63, 3.8) is 0 Å². The lowest BCUT2D eigenvalue weighted by Gasteiger charge is -2.38. The Morgan fingerprint density at radius 3 is 2.09 bits per heavy atom. The maximum Gasteiger partial charge on any atom is 0.408 e. The molecule has 0 spiro atoms. The number of carbonyl (C=O) groups is 3. The first-order valence-electron chi connectivity index (χ1n) is 12.3. The molecule has 1 rings (SSSR count). The minimum absolute atomic E-state index is 0.0833. The van der Waals surface area contributed by atoms with Gasteiger partial charge in [-0.25, -0.2) is 4.79 Å². The van der Waals surface area contributed by atoms with Crippen LogP contribution in [0, 0.1) is 12.8 Å². The first kappa shape index (κ1) is 29.5. The Morgan fingerprint density at radius 2 is 1.59 bits per heavy atom. The van der Waals surface area contributed by atoms with Gasteiger partial charge in [-0.3, -0.25) is 9.59 Å². The van der Waals surface area contributed by atoms with Crippen LogP contribution in [0.5, 0.6) is 0 Å². The first-order valence-corrected chi connectivity index (χ1v) is 12.3. The summed E-state index contributed by atoms with van der Waals surface area (Å²) in [6.07, 6.45) is 0.979. The van der Waals surface area contributed by atoms with Crippen LogP contribution in [0.1, 0.15) is 92.3 Å². The van der Waals surface area contributed by atoms with Gasteiger partial charge in [-0.05, 0) is 79.7 Å². The van der Waals surface area contributed by atoms with E-state index >= 15 is 0 Å². The molecule has 3 atom stereocenters. The zero-order valence-electron chi connectivity index (χ0n) is 22.7. The van der Waals surface area contributed by atoms with Gasteiger partial charge in [0.2, 0.25) is 11.8 Å². The summed E-state index contributed by atoms with van der Waals surface area (Å²) in [4.78, 5) is 41.3. The summed E-state index contributed by atoms with van der Waals surface area (Å²) in [5.41, 5.74) is 1.06. The maximum atomic E-state index is 13.8. The molecule has 7 nitrogen and oxygen atoms in total. The van der Waals surface area contributed by atoms with Gasteiger partial charge in [0, 0.05) is 12.1 Å². The number of carbonyl (C=O) groups excluding carboxylic acids is 3. The number of ether oxygens (including phenoxy) is 1. The minimum Gasteiger partial charge on any atom is -0.444 e. The van der Waals surface area contributed by atoms with Crippen LogP contribution in [0.4, 0.5) is 4.79 Å². The molecule has 34 heavy (non-hydrogen) atoms. The number of nitrogens with zero attached hydrogens (tertiary/aromatic N) is 1. The predicted octanol–water partition coefficient (Wildman–Crippen LogP) is 5.13. The van der Waals surface area contributed by atoms with Gasteiger partial charge in [0.15, 0.2) is 0 Å². The van der Waals surface area contributed by atoms with Crippen LogP contribution in [0.25, 0.3) is 0 Å². The van der Waals surface area contributed by atoms with Crippen molar-refractivity contribution >= 4 is 17.9 Å². The van der Waals surface area contributed by atoms with E-state index in [0.717, 1.165) is 24.0 Å². The maximum absolute atomic E-state index is 13.8. The quantitative estimate of drug-likeness (QED) is 0.491. The largest absolute Gasteiger partial charge is 0.444 e. The van der Waals surface area contributed by atoms with Crippen LogP contribution >= 0.6 is 0 Å². The molecule has 0 aliphatic heterocycles. The SMILES string of the molecule is Cc1cccc(C(C(=O)NC(C)C)N(C(=O)C(C)NC(=O)OC(C)(C)C)C(C)CCC(C)C)c1. The average molecular weight is 476 g/mol. The summed E-state index contributed by atoms with van der Waals surface area (Å²) in [6, 6.07) is 5.67. The smallest absolute Gasteiger partial charge is 0.408 e. The summed E-state index contributed by atoms with van der Waals surface area (Å²) >= 11 is 0. The van der Waals surface area contributed by atoms with Crippen LogP contribution in [-0.4, -0.2) is 46.5 Å². The van der Waals surface area contributed by atoms with E-state index in [1.807, 2.05) is 52.0 Å². The number of nitrogens with one attached hydrogen (secondary N) is 2. The standard InChI is InChI=1S/C27H45N3O4/c1-17(2)14-15-20(6)30(25(32)21(7)29-26(33)34-27(8,9)10)23(24(31)28-18(3)4)22-13-11-12-19(5)16-22/h11-13,16-18,20-21,23H,14-15H2,1-10H3,(H,28,31)(H,29,33). The van der Waals surface area contributed by atoms with E-state index in [1.165, 1.54) is 0 Å². The third-order valence-electron chi connectivity index (χ3n) is 5.31. The van der Waals surface area contributed by atoms with E-state index < -0.39 is 23.8 Å². The summed E-state index contributed by atoms with van der Waals surface area (Å²) < 4.78 is 5.34. The van der Waals surface area contributed by atoms with Crippen molar-refractivity contribution in [2.45, 2.75) is 112 Å². The Hall–Kier alpha value is -2.57. The Labute approximate surface area is 206 Å². The molecule has 0 fully saturated rings. The fourth-order valence-corrected chi connectivity index (χ4v) is 3.72. The molecule has 0 aliphatic rings. The Morgan fingerprint density at radius 1 is 0.971 bits per heavy atom. The topological polar surface area (TPSA) is 87.7 Å². The summed E-state index contributed by atoms with van der Waals surface area (Å²) in [6.45, 7) is 18.9. The second kappa shape index (κ2) is 12.8. The van der Waals surface area contributed by atoms with Crippen molar-refractivity contribution in [2.75, 3.05) is 0 Å². The third kappa shape index (κ3) is 9.74. The first-order chi connectivity index (χ1) is 15.6. The van der Waals surface area contributed by atoms with Gasteiger partial charge < -0.3 is 20.3 Å². The number of amides is 3. The van der Waals surface area contributed by atoms with Crippen LogP contribution in [0.2, 0.25) is 0 Å². The third-order valence-corrected chi connectivity index (χ3v) is 5.31. The summed E-state index contributed by atoms with van der Waals surface area (Å²) in [5, 5.41) is 5.63. The van der Waals surface area contributed by atoms with Crippen LogP contribution in [0.15, 0.2) is 24.3 Å². The van der Waals surface area contributed by atoms with E-state index in [1.54, 1.807) is 32.6 Å². The molecule has 0 saturated carbocycles. The molecule has 0 aromatic heterocycles. The Bertz CT molecular complexity index is 829. The van der Waals surface area contributed by atoms with Crippen LogP contribution in [-0.2, 0) is 14.3 Å². The second-order valence-electron chi connectivity index (χ2n) is 10.9. The fraction of sp³-hybridized carbons (Fsp3) is 0.667. The number of alkyl carbamates (subject to hydrolysis) is 1. The zero-order chi connectivity index (χ0) is 26.2. The van der Waals surface area contributed by atoms with Gasteiger partial charge in [0.05, 0.1) is 0 Å². The van der Waals surface area contributed by atoms with E-state index in [2.05, 4.69) is 24.5 Å². The molecule has 1 aromatic rings. The van der Waals surface area contributed by atoms with Crippen molar-refractivity contribution in [3.8, 4) is 0 Å². The highest BCUT2D eigenvalue weighted by Crippen LogP contribution is 2.28. The van der Waals surface area contributed by atoms with E-state index in [4.69, 9.17) is 4.74 Å². The summed E-state index contributed by atoms with van der Waals surface area (Å²) in [7, 11) is 0. The normalized spacial score (nSPS) is 14.4. The minimum atomic E-state index is -0.865. The van der Waals surface area contributed by atoms with E-state index in [-0.39, 0.29) is 23.9 Å². The van der Waals surface area contributed by atoms with Gasteiger partial charge in [-0.15, -0.1) is 0 Å². The highest BCUT2D eigenvalue weighted by atomic mass is 16.6. The molecule has 0 radical (unpaired) electrons. The molecule has 192 valence electrons. The molecule has 0 heterocycles. The van der Waals surface area contributed by atoms with Crippen molar-refractivity contribution in [1.82, 2.24) is 15.5 Å². The molecular weight excluding hydrogens is 430 g/mol. The monoisotopic (exact) mass is 475 g/mol. The summed E-state index contributed by atoms with van der Waals surface area (Å²) in [5.74, 6) is -0.110.